The number of esters is 1. The van der Waals surface area contributed by atoms with Crippen molar-refractivity contribution in [1.82, 2.24) is 0 Å². The Morgan fingerprint density at radius 1 is 1.25 bits per heavy atom. The summed E-state index contributed by atoms with van der Waals surface area (Å²) in [6.07, 6.45) is 7.08. The summed E-state index contributed by atoms with van der Waals surface area (Å²) in [4.78, 5) is 20.6. The Kier molecular flexibility index (Phi) is 16.7. The molecule has 0 aliphatic carbocycles. The maximum absolute atomic E-state index is 10.3. The number of hydrogen-bond donors (Lipinski definition) is 0. The van der Waals surface area contributed by atoms with E-state index in [0.717, 1.165) is 18.4 Å². The quantitative estimate of drug-likeness (QED) is 0.288. The third-order valence-corrected chi connectivity index (χ3v) is 2.67. The molecule has 0 atom stereocenters. The minimum absolute atomic E-state index is 0. The first-order chi connectivity index (χ1) is 11.0. The van der Waals surface area contributed by atoms with Gasteiger partial charge in [-0.1, -0.05) is 69.0 Å². The number of carboxylic acids is 1. The average molecular weight is 338 g/mol. The summed E-state index contributed by atoms with van der Waals surface area (Å²) in [5, 5.41) is 10.3. The van der Waals surface area contributed by atoms with Crippen LogP contribution in [0.15, 0.2) is 61.2 Å². The molecule has 0 N–H and O–H groups in total. The van der Waals surface area contributed by atoms with E-state index in [-0.39, 0.29) is 41.1 Å². The third kappa shape index (κ3) is 14.0. The second-order valence-electron chi connectivity index (χ2n) is 4.63. The predicted molar refractivity (Wildman–Crippen MR) is 90.3 cm³/mol. The molecule has 0 bridgehead atoms. The molecule has 0 saturated heterocycles. The van der Waals surface area contributed by atoms with E-state index >= 15 is 0 Å². The van der Waals surface area contributed by atoms with Gasteiger partial charge in [-0.25, -0.2) is 4.79 Å². The van der Waals surface area contributed by atoms with Gasteiger partial charge in [0.15, 0.2) is 0 Å². The van der Waals surface area contributed by atoms with E-state index in [1.54, 1.807) is 6.08 Å². The van der Waals surface area contributed by atoms with Gasteiger partial charge in [-0.3, -0.25) is 0 Å². The molecule has 0 radical (unpaired) electrons. The summed E-state index contributed by atoms with van der Waals surface area (Å²) in [5.74, 6) is -1.52. The van der Waals surface area contributed by atoms with Gasteiger partial charge in [0.1, 0.15) is 0 Å². The van der Waals surface area contributed by atoms with Crippen molar-refractivity contribution >= 4 is 18.0 Å². The number of allylic oxidation sites excluding steroid dienone is 1. The van der Waals surface area contributed by atoms with Gasteiger partial charge >= 0.3 is 35.5 Å². The molecular formula is C19H23NaO4. The average Bonchev–Trinajstić information content (AvgIpc) is 2.56. The molecule has 4 nitrogen and oxygen atoms in total. The second kappa shape index (κ2) is 16.2. The van der Waals surface area contributed by atoms with Crippen molar-refractivity contribution < 1.29 is 49.0 Å². The molecule has 5 heteroatoms. The summed E-state index contributed by atoms with van der Waals surface area (Å²) in [6, 6.07) is 9.66. The molecule has 0 aliphatic heterocycles. The van der Waals surface area contributed by atoms with Gasteiger partial charge in [0, 0.05) is 6.08 Å². The van der Waals surface area contributed by atoms with Crippen LogP contribution < -0.4 is 34.7 Å². The van der Waals surface area contributed by atoms with Gasteiger partial charge in [0.2, 0.25) is 0 Å². The number of ether oxygens (including phenoxy) is 1. The first-order valence-corrected chi connectivity index (χ1v) is 7.41. The van der Waals surface area contributed by atoms with E-state index in [4.69, 9.17) is 0 Å². The first-order valence-electron chi connectivity index (χ1n) is 7.41. The van der Waals surface area contributed by atoms with Gasteiger partial charge in [0.05, 0.1) is 12.6 Å². The van der Waals surface area contributed by atoms with Gasteiger partial charge in [0.25, 0.3) is 0 Å². The fraction of sp³-hybridized carbons (Fsp3) is 0.263. The number of carboxylic acid groups (broad SMARTS) is 1. The molecule has 0 unspecified atom stereocenters. The summed E-state index contributed by atoms with van der Waals surface area (Å²) in [5.41, 5.74) is 1.14. The first kappa shape index (κ1) is 24.6. The molecule has 1 aromatic carbocycles. The molecule has 0 spiro atoms. The Bertz CT molecular complexity index is 536. The SMILES string of the molecule is C=C(CC=Cc1ccccc1)C(=O)[O-].C=CC(=O)OCCCC.[Na+]. The normalized spacial score (nSPS) is 9.21. The van der Waals surface area contributed by atoms with Gasteiger partial charge in [-0.15, -0.1) is 0 Å². The molecule has 0 heterocycles. The number of unbranched alkanes of at least 4 members (excludes halogenated alkanes) is 1. The van der Waals surface area contributed by atoms with Crippen molar-refractivity contribution in [2.45, 2.75) is 26.2 Å². The van der Waals surface area contributed by atoms with E-state index in [9.17, 15) is 14.7 Å². The minimum atomic E-state index is -1.19. The fourth-order valence-corrected chi connectivity index (χ4v) is 1.36. The molecule has 24 heavy (non-hydrogen) atoms. The van der Waals surface area contributed by atoms with Crippen LogP contribution in [0.3, 0.4) is 0 Å². The maximum atomic E-state index is 10.3. The molecule has 1 aromatic rings. The van der Waals surface area contributed by atoms with Crippen LogP contribution in [-0.2, 0) is 14.3 Å². The summed E-state index contributed by atoms with van der Waals surface area (Å²) < 4.78 is 4.67. The molecule has 0 aromatic heterocycles. The van der Waals surface area contributed by atoms with Crippen molar-refractivity contribution in [3.63, 3.8) is 0 Å². The van der Waals surface area contributed by atoms with Crippen LogP contribution in [0.25, 0.3) is 6.08 Å². The van der Waals surface area contributed by atoms with E-state index in [2.05, 4.69) is 17.9 Å². The van der Waals surface area contributed by atoms with Crippen LogP contribution in [0.1, 0.15) is 31.7 Å². The molecule has 124 valence electrons. The predicted octanol–water partition coefficient (Wildman–Crippen LogP) is -0.0843. The van der Waals surface area contributed by atoms with Gasteiger partial charge in [-0.2, -0.15) is 0 Å². The van der Waals surface area contributed by atoms with Crippen molar-refractivity contribution in [2.24, 2.45) is 0 Å². The van der Waals surface area contributed by atoms with Gasteiger partial charge < -0.3 is 14.6 Å². The Morgan fingerprint density at radius 3 is 2.38 bits per heavy atom. The summed E-state index contributed by atoms with van der Waals surface area (Å²) in [6.45, 7) is 9.20. The van der Waals surface area contributed by atoms with Crippen LogP contribution in [0.4, 0.5) is 0 Å². The fourth-order valence-electron chi connectivity index (χ4n) is 1.36. The zero-order valence-corrected chi connectivity index (χ0v) is 16.5. The molecule has 0 fully saturated rings. The Hall–Kier alpha value is -1.62. The second-order valence-corrected chi connectivity index (χ2v) is 4.63. The number of carbonyl (C=O) groups is 2. The topological polar surface area (TPSA) is 66.4 Å². The van der Waals surface area contributed by atoms with Crippen molar-refractivity contribution in [1.29, 1.82) is 0 Å². The van der Waals surface area contributed by atoms with Crippen LogP contribution in [-0.4, -0.2) is 18.5 Å². The molecule has 0 amide bonds. The summed E-state index contributed by atoms with van der Waals surface area (Å²) in [7, 11) is 0. The van der Waals surface area contributed by atoms with Crippen molar-refractivity contribution in [3.05, 3.63) is 66.8 Å². The monoisotopic (exact) mass is 338 g/mol. The number of benzene rings is 1. The smallest absolute Gasteiger partial charge is 0.545 e. The molecule has 1 rings (SSSR count). The summed E-state index contributed by atoms with van der Waals surface area (Å²) >= 11 is 0. The van der Waals surface area contributed by atoms with Crippen molar-refractivity contribution in [2.75, 3.05) is 6.61 Å². The zero-order valence-electron chi connectivity index (χ0n) is 14.5. The van der Waals surface area contributed by atoms with Crippen molar-refractivity contribution in [3.8, 4) is 0 Å². The van der Waals surface area contributed by atoms with Crippen LogP contribution >= 0.6 is 0 Å². The molecule has 0 saturated carbocycles. The van der Waals surface area contributed by atoms with Gasteiger partial charge in [-0.05, 0) is 24.0 Å². The maximum Gasteiger partial charge on any atom is 1.00 e. The number of hydrogen-bond acceptors (Lipinski definition) is 4. The Labute approximate surface area is 166 Å². The molecular weight excluding hydrogens is 315 g/mol. The minimum Gasteiger partial charge on any atom is -0.545 e. The Morgan fingerprint density at radius 2 is 1.88 bits per heavy atom. The van der Waals surface area contributed by atoms with E-state index < -0.39 is 5.97 Å². The Balaban J connectivity index is 0. The third-order valence-electron chi connectivity index (χ3n) is 2.67. The van der Waals surface area contributed by atoms with E-state index in [0.29, 0.717) is 13.0 Å². The van der Waals surface area contributed by atoms with Crippen LogP contribution in [0.2, 0.25) is 0 Å². The standard InChI is InChI=1S/C12H12O2.C7H12O2.Na/c1-10(12(13)14)6-5-9-11-7-3-2-4-8-11;1-3-5-6-9-7(8)4-2;/h2-5,7-9H,1,6H2,(H,13,14);4H,2-3,5-6H2,1H3;/q;;+1/p-1. The van der Waals surface area contributed by atoms with E-state index in [1.165, 1.54) is 6.08 Å². The number of rotatable bonds is 8. The van der Waals surface area contributed by atoms with Crippen LogP contribution in [0, 0.1) is 0 Å². The number of carbonyl (C=O) groups excluding carboxylic acids is 2. The van der Waals surface area contributed by atoms with E-state index in [1.807, 2.05) is 43.3 Å². The van der Waals surface area contributed by atoms with Crippen LogP contribution in [0.5, 0.6) is 0 Å². The molecule has 0 aliphatic rings. The number of aliphatic carboxylic acids is 1. The zero-order chi connectivity index (χ0) is 17.5. The largest absolute Gasteiger partial charge is 1.00 e.